The summed E-state index contributed by atoms with van der Waals surface area (Å²) >= 11 is 0. The maximum atomic E-state index is 12.7. The topological polar surface area (TPSA) is 74.6 Å². The van der Waals surface area contributed by atoms with E-state index in [1.807, 2.05) is 0 Å². The van der Waals surface area contributed by atoms with Crippen LogP contribution in [0.3, 0.4) is 0 Å². The Labute approximate surface area is 281 Å². The quantitative estimate of drug-likeness (QED) is 0.0671. The molecule has 2 N–H and O–H groups in total. The zero-order chi connectivity index (χ0) is 33.4. The molecule has 0 aliphatic rings. The van der Waals surface area contributed by atoms with Crippen molar-refractivity contribution in [3.8, 4) is 0 Å². The van der Waals surface area contributed by atoms with Gasteiger partial charge in [-0.3, -0.25) is 9.59 Å². The largest absolute Gasteiger partial charge is 0.481 e. The number of aliphatic carboxylic acids is 2. The van der Waals surface area contributed by atoms with Gasteiger partial charge in [0.15, 0.2) is 0 Å². The van der Waals surface area contributed by atoms with Gasteiger partial charge in [0, 0.05) is 6.42 Å². The van der Waals surface area contributed by atoms with E-state index in [0.717, 1.165) is 76.0 Å². The lowest BCUT2D eigenvalue weighted by atomic mass is 9.74. The molecular weight excluding hydrogens is 556 g/mol. The zero-order valence-electron chi connectivity index (χ0n) is 31.0. The van der Waals surface area contributed by atoms with Crippen molar-refractivity contribution < 1.29 is 19.8 Å². The third-order valence-corrected chi connectivity index (χ3v) is 10.1. The molecule has 4 heteroatoms. The van der Waals surface area contributed by atoms with E-state index in [1.165, 1.54) is 128 Å². The summed E-state index contributed by atoms with van der Waals surface area (Å²) in [7, 11) is 0. The number of carboxylic acids is 2. The lowest BCUT2D eigenvalue weighted by molar-refractivity contribution is -0.150. The molecule has 0 atom stereocenters. The van der Waals surface area contributed by atoms with Gasteiger partial charge >= 0.3 is 11.9 Å². The van der Waals surface area contributed by atoms with Crippen molar-refractivity contribution in [3.05, 3.63) is 0 Å². The lowest BCUT2D eigenvalue weighted by Gasteiger charge is -2.30. The van der Waals surface area contributed by atoms with E-state index in [0.29, 0.717) is 6.42 Å². The van der Waals surface area contributed by atoms with Crippen molar-refractivity contribution in [3.63, 3.8) is 0 Å². The van der Waals surface area contributed by atoms with E-state index < -0.39 is 17.4 Å². The van der Waals surface area contributed by atoms with Gasteiger partial charge in [-0.1, -0.05) is 201 Å². The summed E-state index contributed by atoms with van der Waals surface area (Å²) in [5.41, 5.74) is -0.585. The fraction of sp³-hybridized carbons (Fsp3) is 0.951. The maximum Gasteiger partial charge on any atom is 0.309 e. The zero-order valence-corrected chi connectivity index (χ0v) is 31.0. The van der Waals surface area contributed by atoms with Crippen LogP contribution in [-0.2, 0) is 9.59 Å². The molecule has 0 saturated heterocycles. The van der Waals surface area contributed by atoms with Gasteiger partial charge in [0.25, 0.3) is 0 Å². The molecule has 0 aromatic carbocycles. The van der Waals surface area contributed by atoms with Crippen LogP contribution in [-0.4, -0.2) is 22.2 Å². The Morgan fingerprint density at radius 3 is 0.889 bits per heavy atom. The van der Waals surface area contributed by atoms with Gasteiger partial charge < -0.3 is 10.2 Å². The van der Waals surface area contributed by atoms with E-state index in [-0.39, 0.29) is 6.42 Å². The van der Waals surface area contributed by atoms with Crippen LogP contribution in [0.2, 0.25) is 0 Å². The molecule has 0 heterocycles. The Morgan fingerprint density at radius 2 is 0.644 bits per heavy atom. The second-order valence-corrected chi connectivity index (χ2v) is 15.5. The maximum absolute atomic E-state index is 12.7. The Kier molecular flexibility index (Phi) is 30.8. The molecule has 0 aliphatic heterocycles. The number of rotatable bonds is 36. The number of hydrogen-bond acceptors (Lipinski definition) is 2. The minimum Gasteiger partial charge on any atom is -0.481 e. The SMILES string of the molecule is CC(C)CCCCCCCCCCCCCC(CCCCCCCCCCCCCC(C)C)(CCCCCCC(=O)O)C(=O)O. The van der Waals surface area contributed by atoms with E-state index in [1.54, 1.807) is 0 Å². The Balaban J connectivity index is 4.29. The molecule has 268 valence electrons. The van der Waals surface area contributed by atoms with Crippen LogP contribution < -0.4 is 0 Å². The molecule has 0 rings (SSSR count). The second-order valence-electron chi connectivity index (χ2n) is 15.5. The minimum absolute atomic E-state index is 0.223. The average Bonchev–Trinajstić information content (AvgIpc) is 2.98. The van der Waals surface area contributed by atoms with Crippen molar-refractivity contribution >= 4 is 11.9 Å². The molecule has 0 bridgehead atoms. The Bertz CT molecular complexity index is 622. The standard InChI is InChI=1S/C41H80O4/c1-37(2)31-25-19-15-11-7-5-9-13-17-22-28-34-41(40(44)45,36-30-24-21-27-33-39(42)43)35-29-23-18-14-10-6-8-12-16-20-26-32-38(3)4/h37-38H,5-36H2,1-4H3,(H,42,43)(H,44,45). The highest BCUT2D eigenvalue weighted by atomic mass is 16.4. The molecule has 0 aliphatic carbocycles. The van der Waals surface area contributed by atoms with Crippen LogP contribution in [0.4, 0.5) is 0 Å². The van der Waals surface area contributed by atoms with Crippen molar-refractivity contribution in [2.45, 2.75) is 233 Å². The highest BCUT2D eigenvalue weighted by Crippen LogP contribution is 2.38. The van der Waals surface area contributed by atoms with Crippen molar-refractivity contribution in [1.82, 2.24) is 0 Å². The summed E-state index contributed by atoms with van der Waals surface area (Å²) in [6, 6.07) is 0. The molecule has 0 saturated carbocycles. The molecule has 0 fully saturated rings. The van der Waals surface area contributed by atoms with Crippen LogP contribution >= 0.6 is 0 Å². The third kappa shape index (κ3) is 30.0. The summed E-state index contributed by atoms with van der Waals surface area (Å²) < 4.78 is 0. The van der Waals surface area contributed by atoms with Gasteiger partial charge in [0.1, 0.15) is 0 Å². The molecule has 45 heavy (non-hydrogen) atoms. The summed E-state index contributed by atoms with van der Waals surface area (Å²) in [6.07, 6.45) is 37.4. The van der Waals surface area contributed by atoms with Crippen LogP contribution in [0, 0.1) is 17.3 Å². The third-order valence-electron chi connectivity index (χ3n) is 10.1. The van der Waals surface area contributed by atoms with Gasteiger partial charge in [-0.2, -0.15) is 0 Å². The first-order valence-corrected chi connectivity index (χ1v) is 20.1. The monoisotopic (exact) mass is 637 g/mol. The van der Waals surface area contributed by atoms with Crippen molar-refractivity contribution in [1.29, 1.82) is 0 Å². The lowest BCUT2D eigenvalue weighted by Crippen LogP contribution is -2.31. The smallest absolute Gasteiger partial charge is 0.309 e. The number of carbonyl (C=O) groups is 2. The summed E-state index contributed by atoms with van der Waals surface area (Å²) in [5.74, 6) is 0.355. The van der Waals surface area contributed by atoms with Crippen LogP contribution in [0.25, 0.3) is 0 Å². The molecular formula is C41H80O4. The first-order chi connectivity index (χ1) is 21.7. The van der Waals surface area contributed by atoms with Crippen LogP contribution in [0.15, 0.2) is 0 Å². The molecule has 0 aromatic heterocycles. The van der Waals surface area contributed by atoms with Crippen LogP contribution in [0.5, 0.6) is 0 Å². The second kappa shape index (κ2) is 31.5. The minimum atomic E-state index is -0.732. The normalized spacial score (nSPS) is 12.0. The molecule has 0 unspecified atom stereocenters. The Hall–Kier alpha value is -1.06. The van der Waals surface area contributed by atoms with Gasteiger partial charge in [-0.25, -0.2) is 0 Å². The van der Waals surface area contributed by atoms with Gasteiger partial charge in [0.05, 0.1) is 5.41 Å². The predicted molar refractivity (Wildman–Crippen MR) is 195 cm³/mol. The molecule has 0 amide bonds. The highest BCUT2D eigenvalue weighted by molar-refractivity contribution is 5.74. The molecule has 4 nitrogen and oxygen atoms in total. The summed E-state index contributed by atoms with van der Waals surface area (Å²) in [4.78, 5) is 23.5. The fourth-order valence-electron chi connectivity index (χ4n) is 7.00. The first-order valence-electron chi connectivity index (χ1n) is 20.1. The number of carboxylic acid groups (broad SMARTS) is 2. The molecule has 0 aromatic rings. The van der Waals surface area contributed by atoms with Crippen molar-refractivity contribution in [2.24, 2.45) is 17.3 Å². The van der Waals surface area contributed by atoms with E-state index in [4.69, 9.17) is 5.11 Å². The van der Waals surface area contributed by atoms with Gasteiger partial charge in [0.2, 0.25) is 0 Å². The fourth-order valence-corrected chi connectivity index (χ4v) is 7.00. The van der Waals surface area contributed by atoms with Gasteiger partial charge in [-0.05, 0) is 37.5 Å². The Morgan fingerprint density at radius 1 is 0.400 bits per heavy atom. The van der Waals surface area contributed by atoms with E-state index in [2.05, 4.69) is 27.7 Å². The first kappa shape index (κ1) is 43.9. The van der Waals surface area contributed by atoms with Gasteiger partial charge in [-0.15, -0.1) is 0 Å². The average molecular weight is 637 g/mol. The van der Waals surface area contributed by atoms with Crippen molar-refractivity contribution in [2.75, 3.05) is 0 Å². The number of unbranched alkanes of at least 4 members (excludes halogenated alkanes) is 23. The van der Waals surface area contributed by atoms with E-state index in [9.17, 15) is 14.7 Å². The molecule has 0 radical (unpaired) electrons. The van der Waals surface area contributed by atoms with E-state index >= 15 is 0 Å². The van der Waals surface area contributed by atoms with Crippen LogP contribution in [0.1, 0.15) is 233 Å². The molecule has 0 spiro atoms. The summed E-state index contributed by atoms with van der Waals surface area (Å²) in [5, 5.41) is 19.3. The summed E-state index contributed by atoms with van der Waals surface area (Å²) in [6.45, 7) is 9.26. The highest BCUT2D eigenvalue weighted by Gasteiger charge is 2.36. The predicted octanol–water partition coefficient (Wildman–Crippen LogP) is 13.9. The number of hydrogen-bond donors (Lipinski definition) is 2.